The van der Waals surface area contributed by atoms with Crippen molar-refractivity contribution in [3.05, 3.63) is 22.8 Å². The summed E-state index contributed by atoms with van der Waals surface area (Å²) in [6.45, 7) is 2.31. The van der Waals surface area contributed by atoms with Crippen LogP contribution in [-0.4, -0.2) is 17.9 Å². The number of pyridine rings is 1. The maximum absolute atomic E-state index is 10.5. The van der Waals surface area contributed by atoms with E-state index < -0.39 is 0 Å². The van der Waals surface area contributed by atoms with Crippen LogP contribution in [0.1, 0.15) is 17.3 Å². The fourth-order valence-corrected chi connectivity index (χ4v) is 0.950. The molecule has 0 spiro atoms. The Morgan fingerprint density at radius 3 is 3.08 bits per heavy atom. The maximum Gasteiger partial charge on any atom is 0.224 e. The number of carbonyl (C=O) groups excluding carboxylic acids is 1. The molecule has 0 radical (unpaired) electrons. The van der Waals surface area contributed by atoms with Gasteiger partial charge in [0.15, 0.2) is 6.29 Å². The maximum atomic E-state index is 10.5. The van der Waals surface area contributed by atoms with Gasteiger partial charge in [-0.05, 0) is 13.0 Å². The number of aldehydes is 1. The van der Waals surface area contributed by atoms with Gasteiger partial charge in [0.05, 0.1) is 17.2 Å². The highest BCUT2D eigenvalue weighted by Gasteiger charge is 2.03. The molecule has 0 bridgehead atoms. The van der Waals surface area contributed by atoms with Crippen molar-refractivity contribution in [1.82, 2.24) is 4.98 Å². The van der Waals surface area contributed by atoms with Crippen LogP contribution in [0.4, 0.5) is 0 Å². The minimum atomic E-state index is 0.330. The SMILES string of the molecule is CCOc1ncc(Cl)cc1C=O. The van der Waals surface area contributed by atoms with Gasteiger partial charge >= 0.3 is 0 Å². The summed E-state index contributed by atoms with van der Waals surface area (Å²) in [6, 6.07) is 1.52. The second-order valence-corrected chi connectivity index (χ2v) is 2.54. The Kier molecular flexibility index (Phi) is 3.05. The van der Waals surface area contributed by atoms with Crippen LogP contribution in [0.25, 0.3) is 0 Å². The van der Waals surface area contributed by atoms with Gasteiger partial charge in [-0.15, -0.1) is 0 Å². The van der Waals surface area contributed by atoms with E-state index in [1.807, 2.05) is 6.92 Å². The van der Waals surface area contributed by atoms with Crippen LogP contribution in [0.15, 0.2) is 12.3 Å². The third-order valence-electron chi connectivity index (χ3n) is 1.25. The van der Waals surface area contributed by atoms with Crippen molar-refractivity contribution in [2.45, 2.75) is 6.92 Å². The molecule has 64 valence electrons. The summed E-state index contributed by atoms with van der Waals surface area (Å²) < 4.78 is 5.08. The number of aromatic nitrogens is 1. The van der Waals surface area contributed by atoms with E-state index in [1.165, 1.54) is 12.3 Å². The predicted molar refractivity (Wildman–Crippen MR) is 45.8 cm³/mol. The normalized spacial score (nSPS) is 9.50. The first kappa shape index (κ1) is 9.00. The number of hydrogen-bond donors (Lipinski definition) is 0. The zero-order chi connectivity index (χ0) is 8.97. The summed E-state index contributed by atoms with van der Waals surface area (Å²) in [5.41, 5.74) is 0.379. The van der Waals surface area contributed by atoms with Crippen LogP contribution in [-0.2, 0) is 0 Å². The number of rotatable bonds is 3. The zero-order valence-corrected chi connectivity index (χ0v) is 7.34. The topological polar surface area (TPSA) is 39.2 Å². The van der Waals surface area contributed by atoms with Gasteiger partial charge in [0.1, 0.15) is 0 Å². The second-order valence-electron chi connectivity index (χ2n) is 2.10. The highest BCUT2D eigenvalue weighted by molar-refractivity contribution is 6.30. The van der Waals surface area contributed by atoms with Crippen molar-refractivity contribution in [3.8, 4) is 5.88 Å². The van der Waals surface area contributed by atoms with E-state index in [2.05, 4.69) is 4.98 Å². The Labute approximate surface area is 75.3 Å². The molecule has 3 nitrogen and oxygen atoms in total. The summed E-state index contributed by atoms with van der Waals surface area (Å²) >= 11 is 5.62. The third kappa shape index (κ3) is 1.95. The molecule has 0 atom stereocenters. The van der Waals surface area contributed by atoms with Crippen LogP contribution in [0, 0.1) is 0 Å². The first-order valence-electron chi connectivity index (χ1n) is 3.51. The minimum absolute atomic E-state index is 0.330. The number of hydrogen-bond acceptors (Lipinski definition) is 3. The van der Waals surface area contributed by atoms with Crippen molar-refractivity contribution in [3.63, 3.8) is 0 Å². The quantitative estimate of drug-likeness (QED) is 0.676. The molecule has 0 aliphatic carbocycles. The van der Waals surface area contributed by atoms with Crippen LogP contribution in [0.3, 0.4) is 0 Å². The zero-order valence-electron chi connectivity index (χ0n) is 6.58. The fraction of sp³-hybridized carbons (Fsp3) is 0.250. The Morgan fingerprint density at radius 1 is 1.75 bits per heavy atom. The van der Waals surface area contributed by atoms with E-state index in [-0.39, 0.29) is 0 Å². The van der Waals surface area contributed by atoms with Crippen molar-refractivity contribution in [2.75, 3.05) is 6.61 Å². The number of ether oxygens (including phenoxy) is 1. The van der Waals surface area contributed by atoms with Gasteiger partial charge in [0.25, 0.3) is 0 Å². The highest BCUT2D eigenvalue weighted by atomic mass is 35.5. The molecule has 0 aromatic carbocycles. The molecule has 0 N–H and O–H groups in total. The Morgan fingerprint density at radius 2 is 2.50 bits per heavy atom. The molecule has 1 aromatic heterocycles. The monoisotopic (exact) mass is 185 g/mol. The molecule has 0 saturated carbocycles. The van der Waals surface area contributed by atoms with Crippen molar-refractivity contribution >= 4 is 17.9 Å². The van der Waals surface area contributed by atoms with Gasteiger partial charge in [0.2, 0.25) is 5.88 Å². The van der Waals surface area contributed by atoms with Gasteiger partial charge in [-0.25, -0.2) is 4.98 Å². The lowest BCUT2D eigenvalue weighted by molar-refractivity contribution is 0.111. The van der Waals surface area contributed by atoms with Crippen LogP contribution in [0.5, 0.6) is 5.88 Å². The van der Waals surface area contributed by atoms with E-state index in [9.17, 15) is 4.79 Å². The number of nitrogens with zero attached hydrogens (tertiary/aromatic N) is 1. The molecular weight excluding hydrogens is 178 g/mol. The lowest BCUT2D eigenvalue weighted by atomic mass is 10.3. The van der Waals surface area contributed by atoms with E-state index in [1.54, 1.807) is 0 Å². The molecule has 1 aromatic rings. The first-order chi connectivity index (χ1) is 5.77. The molecule has 0 aliphatic heterocycles. The Bertz CT molecular complexity index is 288. The van der Waals surface area contributed by atoms with Crippen LogP contribution >= 0.6 is 11.6 Å². The molecule has 4 heteroatoms. The van der Waals surface area contributed by atoms with Gasteiger partial charge in [-0.1, -0.05) is 11.6 Å². The molecule has 0 amide bonds. The minimum Gasteiger partial charge on any atom is -0.477 e. The average molecular weight is 186 g/mol. The van der Waals surface area contributed by atoms with Crippen LogP contribution < -0.4 is 4.74 Å². The molecule has 1 rings (SSSR count). The second kappa shape index (κ2) is 4.07. The highest BCUT2D eigenvalue weighted by Crippen LogP contribution is 2.17. The summed E-state index contributed by atoms with van der Waals surface area (Å²) in [5.74, 6) is 0.330. The summed E-state index contributed by atoms with van der Waals surface area (Å²) in [6.07, 6.45) is 2.11. The molecular formula is C8H8ClNO2. The first-order valence-corrected chi connectivity index (χ1v) is 3.89. The summed E-state index contributed by atoms with van der Waals surface area (Å²) in [7, 11) is 0. The predicted octanol–water partition coefficient (Wildman–Crippen LogP) is 1.95. The lowest BCUT2D eigenvalue weighted by Gasteiger charge is -2.03. The van der Waals surface area contributed by atoms with E-state index >= 15 is 0 Å². The van der Waals surface area contributed by atoms with Crippen molar-refractivity contribution in [1.29, 1.82) is 0 Å². The fourth-order valence-electron chi connectivity index (χ4n) is 0.784. The summed E-state index contributed by atoms with van der Waals surface area (Å²) in [4.78, 5) is 14.3. The Balaban J connectivity index is 3.02. The molecule has 1 heterocycles. The van der Waals surface area contributed by atoms with E-state index in [0.717, 1.165) is 0 Å². The van der Waals surface area contributed by atoms with Gasteiger partial charge in [-0.2, -0.15) is 0 Å². The van der Waals surface area contributed by atoms with Gasteiger partial charge < -0.3 is 4.74 Å². The molecule has 12 heavy (non-hydrogen) atoms. The van der Waals surface area contributed by atoms with Crippen LogP contribution in [0.2, 0.25) is 5.02 Å². The van der Waals surface area contributed by atoms with Crippen molar-refractivity contribution in [2.24, 2.45) is 0 Å². The largest absolute Gasteiger partial charge is 0.477 e. The van der Waals surface area contributed by atoms with Crippen molar-refractivity contribution < 1.29 is 9.53 Å². The summed E-state index contributed by atoms with van der Waals surface area (Å²) in [5, 5.41) is 0.431. The number of halogens is 1. The smallest absolute Gasteiger partial charge is 0.224 e. The Hall–Kier alpha value is -1.09. The molecule has 0 fully saturated rings. The van der Waals surface area contributed by atoms with Gasteiger partial charge in [-0.3, -0.25) is 4.79 Å². The standard InChI is InChI=1S/C8H8ClNO2/c1-2-12-8-6(5-11)3-7(9)4-10-8/h3-5H,2H2,1H3. The lowest BCUT2D eigenvalue weighted by Crippen LogP contribution is -1.98. The third-order valence-corrected chi connectivity index (χ3v) is 1.46. The number of carbonyl (C=O) groups is 1. The van der Waals surface area contributed by atoms with E-state index in [0.29, 0.717) is 29.4 Å². The molecule has 0 aliphatic rings. The molecule has 0 saturated heterocycles. The van der Waals surface area contributed by atoms with E-state index in [4.69, 9.17) is 16.3 Å². The molecule has 0 unspecified atom stereocenters. The average Bonchev–Trinajstić information content (AvgIpc) is 2.08. The van der Waals surface area contributed by atoms with Gasteiger partial charge in [0, 0.05) is 6.20 Å².